The van der Waals surface area contributed by atoms with Crippen LogP contribution in [0, 0.1) is 11.3 Å². The number of methoxy groups -OCH3 is 1. The Kier molecular flexibility index (Phi) is 6.49. The molecule has 28 heavy (non-hydrogen) atoms. The zero-order chi connectivity index (χ0) is 19.9. The van der Waals surface area contributed by atoms with Gasteiger partial charge in [-0.2, -0.15) is 5.26 Å². The summed E-state index contributed by atoms with van der Waals surface area (Å²) in [7, 11) is 1.56. The zero-order valence-corrected chi connectivity index (χ0v) is 16.2. The molecule has 0 unspecified atom stereocenters. The molecule has 0 saturated carbocycles. The van der Waals surface area contributed by atoms with Crippen molar-refractivity contribution < 1.29 is 9.53 Å². The van der Waals surface area contributed by atoms with Crippen LogP contribution in [0.1, 0.15) is 11.1 Å². The summed E-state index contributed by atoms with van der Waals surface area (Å²) in [5.74, 6) is -0.414. The molecular weight excluding hydrogens is 374 g/mol. The van der Waals surface area contributed by atoms with E-state index >= 15 is 0 Å². The zero-order valence-electron chi connectivity index (χ0n) is 15.5. The first-order valence-electron chi connectivity index (χ1n) is 8.84. The molecule has 2 aromatic carbocycles. The molecule has 0 bridgehead atoms. The number of fused-ring (bicyclic) bond motifs is 1. The van der Waals surface area contributed by atoms with E-state index in [0.29, 0.717) is 24.7 Å². The normalized spacial score (nSPS) is 11.4. The second-order valence-electron chi connectivity index (χ2n) is 6.24. The van der Waals surface area contributed by atoms with E-state index in [-0.39, 0.29) is 5.57 Å². The molecule has 1 amide bonds. The maximum absolute atomic E-state index is 12.3. The Morgan fingerprint density at radius 2 is 2.00 bits per heavy atom. The average molecular weight is 394 g/mol. The summed E-state index contributed by atoms with van der Waals surface area (Å²) in [6.45, 7) is 1.33. The Hall–Kier alpha value is -3.07. The Morgan fingerprint density at radius 3 is 2.75 bits per heavy atom. The van der Waals surface area contributed by atoms with Crippen molar-refractivity contribution in [3.63, 3.8) is 0 Å². The number of hydrogen-bond acceptors (Lipinski definition) is 3. The number of nitriles is 1. The molecule has 1 heterocycles. The summed E-state index contributed by atoms with van der Waals surface area (Å²) in [4.78, 5) is 12.3. The minimum Gasteiger partial charge on any atom is -0.383 e. The summed E-state index contributed by atoms with van der Waals surface area (Å²) < 4.78 is 6.99. The molecule has 0 saturated heterocycles. The fraction of sp³-hybridized carbons (Fsp3) is 0.182. The number of carbonyl (C=O) groups excluding carboxylic acids is 1. The van der Waals surface area contributed by atoms with Gasteiger partial charge in [-0.1, -0.05) is 48.0 Å². The van der Waals surface area contributed by atoms with Gasteiger partial charge in [-0.3, -0.25) is 4.79 Å². The van der Waals surface area contributed by atoms with Gasteiger partial charge in [0.1, 0.15) is 11.6 Å². The Labute approximate surface area is 168 Å². The third-order valence-corrected chi connectivity index (χ3v) is 4.74. The van der Waals surface area contributed by atoms with E-state index in [1.54, 1.807) is 13.2 Å². The van der Waals surface area contributed by atoms with Crippen LogP contribution in [-0.2, 0) is 16.1 Å². The van der Waals surface area contributed by atoms with Crippen molar-refractivity contribution in [2.45, 2.75) is 6.54 Å². The van der Waals surface area contributed by atoms with Crippen LogP contribution < -0.4 is 5.32 Å². The first kappa shape index (κ1) is 19.7. The highest BCUT2D eigenvalue weighted by molar-refractivity contribution is 6.31. The number of carbonyl (C=O) groups is 1. The SMILES string of the molecule is COCCNC(=O)C(C#N)=Cc1cn(Cc2ccccc2Cl)c2ccccc12. The molecule has 5 nitrogen and oxygen atoms in total. The van der Waals surface area contributed by atoms with Crippen molar-refractivity contribution in [3.05, 3.63) is 76.5 Å². The van der Waals surface area contributed by atoms with Gasteiger partial charge in [0.2, 0.25) is 0 Å². The van der Waals surface area contributed by atoms with Gasteiger partial charge >= 0.3 is 0 Å². The number of rotatable bonds is 7. The van der Waals surface area contributed by atoms with Crippen molar-refractivity contribution in [2.24, 2.45) is 0 Å². The molecular formula is C22H20ClN3O2. The maximum Gasteiger partial charge on any atom is 0.262 e. The van der Waals surface area contributed by atoms with Gasteiger partial charge in [0, 0.05) is 47.9 Å². The first-order chi connectivity index (χ1) is 13.6. The molecule has 3 rings (SSSR count). The van der Waals surface area contributed by atoms with Crippen LogP contribution in [0.15, 0.2) is 60.3 Å². The number of nitrogens with zero attached hydrogens (tertiary/aromatic N) is 2. The minimum atomic E-state index is -0.414. The van der Waals surface area contributed by atoms with E-state index in [2.05, 4.69) is 9.88 Å². The van der Waals surface area contributed by atoms with Crippen LogP contribution >= 0.6 is 11.6 Å². The lowest BCUT2D eigenvalue weighted by atomic mass is 10.1. The van der Waals surface area contributed by atoms with Crippen molar-refractivity contribution in [3.8, 4) is 6.07 Å². The smallest absolute Gasteiger partial charge is 0.262 e. The second kappa shape index (κ2) is 9.23. The van der Waals surface area contributed by atoms with Gasteiger partial charge in [0.25, 0.3) is 5.91 Å². The fourth-order valence-electron chi connectivity index (χ4n) is 3.00. The van der Waals surface area contributed by atoms with E-state index in [1.165, 1.54) is 0 Å². The van der Waals surface area contributed by atoms with Gasteiger partial charge in [-0.05, 0) is 23.8 Å². The maximum atomic E-state index is 12.3. The van der Waals surface area contributed by atoms with E-state index in [4.69, 9.17) is 16.3 Å². The standard InChI is InChI=1S/C22H20ClN3O2/c1-28-11-10-25-22(27)17(13-24)12-18-15-26(21-9-5-3-7-19(18)21)14-16-6-2-4-8-20(16)23/h2-9,12,15H,10-11,14H2,1H3,(H,25,27). The summed E-state index contributed by atoms with van der Waals surface area (Å²) in [6, 6.07) is 17.6. The van der Waals surface area contributed by atoms with Crippen LogP contribution in [0.2, 0.25) is 5.02 Å². The lowest BCUT2D eigenvalue weighted by Gasteiger charge is -2.07. The summed E-state index contributed by atoms with van der Waals surface area (Å²) in [6.07, 6.45) is 3.56. The number of benzene rings is 2. The van der Waals surface area contributed by atoms with Crippen molar-refractivity contribution >= 4 is 34.5 Å². The monoisotopic (exact) mass is 393 g/mol. The molecule has 0 radical (unpaired) electrons. The quantitative estimate of drug-likeness (QED) is 0.374. The van der Waals surface area contributed by atoms with Gasteiger partial charge in [-0.25, -0.2) is 0 Å². The number of ether oxygens (including phenoxy) is 1. The van der Waals surface area contributed by atoms with Gasteiger partial charge < -0.3 is 14.6 Å². The third-order valence-electron chi connectivity index (χ3n) is 4.37. The molecule has 0 atom stereocenters. The second-order valence-corrected chi connectivity index (χ2v) is 6.65. The lowest BCUT2D eigenvalue weighted by molar-refractivity contribution is -0.117. The van der Waals surface area contributed by atoms with E-state index in [9.17, 15) is 10.1 Å². The first-order valence-corrected chi connectivity index (χ1v) is 9.22. The highest BCUT2D eigenvalue weighted by Gasteiger charge is 2.13. The lowest BCUT2D eigenvalue weighted by Crippen LogP contribution is -2.27. The largest absolute Gasteiger partial charge is 0.383 e. The van der Waals surface area contributed by atoms with E-state index < -0.39 is 5.91 Å². The molecule has 6 heteroatoms. The number of nitrogens with one attached hydrogen (secondary N) is 1. The van der Waals surface area contributed by atoms with Crippen LogP contribution in [0.5, 0.6) is 0 Å². The topological polar surface area (TPSA) is 67.0 Å². The molecule has 0 aliphatic heterocycles. The third kappa shape index (κ3) is 4.42. The highest BCUT2D eigenvalue weighted by Crippen LogP contribution is 2.26. The molecule has 1 aromatic heterocycles. The van der Waals surface area contributed by atoms with E-state index in [0.717, 1.165) is 22.0 Å². The molecule has 0 fully saturated rings. The molecule has 0 aliphatic rings. The number of amides is 1. The average Bonchev–Trinajstić information content (AvgIpc) is 3.05. The summed E-state index contributed by atoms with van der Waals surface area (Å²) >= 11 is 6.31. The minimum absolute atomic E-state index is 0.0525. The molecule has 1 N–H and O–H groups in total. The predicted molar refractivity (Wildman–Crippen MR) is 111 cm³/mol. The molecule has 0 spiro atoms. The summed E-state index contributed by atoms with van der Waals surface area (Å²) in [5, 5.41) is 13.8. The van der Waals surface area contributed by atoms with Crippen LogP contribution in [0.3, 0.4) is 0 Å². The van der Waals surface area contributed by atoms with Crippen LogP contribution in [0.4, 0.5) is 0 Å². The molecule has 3 aromatic rings. The van der Waals surface area contributed by atoms with Crippen molar-refractivity contribution in [1.29, 1.82) is 5.26 Å². The number of aromatic nitrogens is 1. The van der Waals surface area contributed by atoms with Gasteiger partial charge in [-0.15, -0.1) is 0 Å². The summed E-state index contributed by atoms with van der Waals surface area (Å²) in [5.41, 5.74) is 2.86. The number of halogens is 1. The Morgan fingerprint density at radius 1 is 1.25 bits per heavy atom. The Balaban J connectivity index is 1.97. The number of para-hydroxylation sites is 1. The van der Waals surface area contributed by atoms with E-state index in [1.807, 2.05) is 60.8 Å². The van der Waals surface area contributed by atoms with Gasteiger partial charge in [0.15, 0.2) is 0 Å². The molecule has 142 valence electrons. The Bertz CT molecular complexity index is 1060. The fourth-order valence-corrected chi connectivity index (χ4v) is 3.19. The van der Waals surface area contributed by atoms with Crippen molar-refractivity contribution in [1.82, 2.24) is 9.88 Å². The van der Waals surface area contributed by atoms with Gasteiger partial charge in [0.05, 0.1) is 6.61 Å². The highest BCUT2D eigenvalue weighted by atomic mass is 35.5. The molecule has 0 aliphatic carbocycles. The van der Waals surface area contributed by atoms with Crippen LogP contribution in [0.25, 0.3) is 17.0 Å². The predicted octanol–water partition coefficient (Wildman–Crippen LogP) is 4.01. The van der Waals surface area contributed by atoms with Crippen molar-refractivity contribution in [2.75, 3.05) is 20.3 Å². The van der Waals surface area contributed by atoms with Crippen LogP contribution in [-0.4, -0.2) is 30.7 Å². The number of hydrogen-bond donors (Lipinski definition) is 1.